The molecule has 3 nitrogen and oxygen atoms in total. The Kier molecular flexibility index (Phi) is 21.4. The summed E-state index contributed by atoms with van der Waals surface area (Å²) in [5, 5.41) is 0. The number of hydrogen-bond acceptors (Lipinski definition) is 3. The van der Waals surface area contributed by atoms with Gasteiger partial charge in [-0.1, -0.05) is 286 Å². The zero-order chi connectivity index (χ0) is 68.2. The number of nitrogens with zero attached hydrogens (tertiary/aromatic N) is 3. The Bertz CT molecular complexity index is 4500. The number of aromatic nitrogens is 3. The van der Waals surface area contributed by atoms with Gasteiger partial charge in [-0.05, 0) is 163 Å². The van der Waals surface area contributed by atoms with E-state index in [0.717, 1.165) is 72.3 Å². The molecule has 3 aromatic heterocycles. The number of hydrogen-bond donors (Lipinski definition) is 0. The minimum Gasteiger partial charge on any atom is -0.304 e. The standard InChI is InChI=1S/C95H94N3.Ir/c1-62(2)48-74-54-91(96-59-88(74)65-24-16-13-17-25-65)71-38-32-68(33-39-71)82-30-22-23-31-83(82)77-51-78(84-46-44-80(94(7,8)9)57-86(84)69-34-40-72(41-35-69)92-55-75(49-63(3)4)89(60-97-92)66-26-18-14-19-27-66)53-79(52-77)85-47-45-81(95(10,11)12)58-87(85)70-36-42-73(43-37-70)93-56-76(50-64(5)6)90(61-98-93)67-28-20-15-21-29-67;/h13-38,40,42,44-47,54-64,77-79H,48-53H2,1-12H3;/q-3;+3. The van der Waals surface area contributed by atoms with Crippen LogP contribution < -0.4 is 0 Å². The van der Waals surface area contributed by atoms with E-state index in [-0.39, 0.29) is 48.7 Å². The van der Waals surface area contributed by atoms with Gasteiger partial charge in [0.05, 0.1) is 0 Å². The summed E-state index contributed by atoms with van der Waals surface area (Å²) in [7, 11) is 0. The van der Waals surface area contributed by atoms with Gasteiger partial charge in [0, 0.05) is 35.3 Å². The zero-order valence-corrected chi connectivity index (χ0v) is 62.4. The maximum absolute atomic E-state index is 5.13. The molecule has 1 saturated carbocycles. The molecule has 1 aliphatic carbocycles. The molecule has 13 rings (SSSR count). The molecule has 0 radical (unpaired) electrons. The minimum atomic E-state index is -0.0658. The van der Waals surface area contributed by atoms with E-state index in [2.05, 4.69) is 344 Å². The van der Waals surface area contributed by atoms with Gasteiger partial charge in [-0.2, -0.15) is 0 Å². The largest absolute Gasteiger partial charge is 3.00 e. The molecule has 12 aromatic rings. The Morgan fingerprint density at radius 3 is 0.929 bits per heavy atom. The Labute approximate surface area is 605 Å². The van der Waals surface area contributed by atoms with Crippen LogP contribution in [-0.2, 0) is 50.2 Å². The van der Waals surface area contributed by atoms with Gasteiger partial charge in [0.1, 0.15) is 0 Å². The fraction of sp³-hybridized carbons (Fsp3) is 0.274. The molecule has 0 aliphatic heterocycles. The molecule has 0 amide bonds. The number of rotatable bonds is 18. The van der Waals surface area contributed by atoms with Crippen LogP contribution in [0.3, 0.4) is 0 Å². The average molecular weight is 1470 g/mol. The first kappa shape index (κ1) is 70.0. The molecule has 0 bridgehead atoms. The molecule has 2 unspecified atom stereocenters. The summed E-state index contributed by atoms with van der Waals surface area (Å²) >= 11 is 0. The van der Waals surface area contributed by atoms with Crippen LogP contribution in [-0.4, -0.2) is 15.0 Å². The Morgan fingerprint density at radius 1 is 0.323 bits per heavy atom. The molecule has 99 heavy (non-hydrogen) atoms. The van der Waals surface area contributed by atoms with Crippen LogP contribution in [0.1, 0.15) is 165 Å². The maximum atomic E-state index is 5.13. The molecule has 1 fully saturated rings. The minimum absolute atomic E-state index is 0. The summed E-state index contributed by atoms with van der Waals surface area (Å²) in [4.78, 5) is 15.4. The first-order valence-corrected chi connectivity index (χ1v) is 35.9. The van der Waals surface area contributed by atoms with Crippen molar-refractivity contribution in [2.45, 2.75) is 150 Å². The molecule has 4 heteroatoms. The molecule has 0 N–H and O–H groups in total. The van der Waals surface area contributed by atoms with E-state index >= 15 is 0 Å². The summed E-state index contributed by atoms with van der Waals surface area (Å²) < 4.78 is 0. The number of benzene rings is 9. The quantitative estimate of drug-likeness (QED) is 0.0804. The van der Waals surface area contributed by atoms with Gasteiger partial charge in [0.2, 0.25) is 0 Å². The van der Waals surface area contributed by atoms with Gasteiger partial charge in [0.25, 0.3) is 0 Å². The normalized spacial score (nSPS) is 15.0. The van der Waals surface area contributed by atoms with Crippen molar-refractivity contribution in [3.05, 3.63) is 306 Å². The summed E-state index contributed by atoms with van der Waals surface area (Å²) in [6.45, 7) is 27.8. The van der Waals surface area contributed by atoms with Crippen molar-refractivity contribution in [2.75, 3.05) is 0 Å². The third-order valence-electron chi connectivity index (χ3n) is 20.1. The van der Waals surface area contributed by atoms with Crippen LogP contribution in [0.5, 0.6) is 0 Å². The second kappa shape index (κ2) is 30.3. The molecule has 9 aromatic carbocycles. The van der Waals surface area contributed by atoms with Crippen LogP contribution in [0.4, 0.5) is 0 Å². The second-order valence-corrected chi connectivity index (χ2v) is 31.0. The van der Waals surface area contributed by atoms with E-state index in [1.165, 1.54) is 111 Å². The van der Waals surface area contributed by atoms with E-state index in [1.807, 2.05) is 0 Å². The average Bonchev–Trinajstić information content (AvgIpc) is 0.764. The Hall–Kier alpha value is -8.92. The fourth-order valence-corrected chi connectivity index (χ4v) is 15.1. The SMILES string of the molecule is CC(C)Cc1cc(-c2[c-]cc(-c3ccccc3C3CC(c4ccc(C(C)(C)C)cc4-c4c[c-]c(-c5cc(CC(C)C)c(-c6ccccc6)cn5)cc4)CC(c4ccc(C(C)(C)C)cc4-c4c[c-]c(-c5cc(CC(C)C)c(-c6ccccc6)cn5)cc4)C3)cc2)ncc1-c1ccccc1.[Ir+3]. The molecular weight excluding hydrogens is 1380 g/mol. The molecule has 2 atom stereocenters. The van der Waals surface area contributed by atoms with Crippen molar-refractivity contribution >= 4 is 0 Å². The van der Waals surface area contributed by atoms with Crippen molar-refractivity contribution < 1.29 is 20.1 Å². The second-order valence-electron chi connectivity index (χ2n) is 31.0. The van der Waals surface area contributed by atoms with Gasteiger partial charge >= 0.3 is 20.1 Å². The third kappa shape index (κ3) is 16.1. The Morgan fingerprint density at radius 2 is 0.626 bits per heavy atom. The van der Waals surface area contributed by atoms with Gasteiger partial charge < -0.3 is 15.0 Å². The van der Waals surface area contributed by atoms with Gasteiger partial charge in [-0.25, -0.2) is 0 Å². The fourth-order valence-electron chi connectivity index (χ4n) is 15.1. The molecule has 1 aliphatic rings. The summed E-state index contributed by atoms with van der Waals surface area (Å²) in [6.07, 6.45) is 12.1. The van der Waals surface area contributed by atoms with E-state index in [4.69, 9.17) is 15.0 Å². The molecule has 0 saturated heterocycles. The predicted octanol–water partition coefficient (Wildman–Crippen LogP) is 25.3. The molecule has 0 spiro atoms. The van der Waals surface area contributed by atoms with Crippen molar-refractivity contribution in [2.24, 2.45) is 17.8 Å². The van der Waals surface area contributed by atoms with Gasteiger partial charge in [0.15, 0.2) is 0 Å². The predicted molar refractivity (Wildman–Crippen MR) is 413 cm³/mol. The first-order valence-electron chi connectivity index (χ1n) is 35.9. The van der Waals surface area contributed by atoms with Gasteiger partial charge in [-0.15, -0.1) is 89.5 Å². The summed E-state index contributed by atoms with van der Waals surface area (Å²) in [5.41, 5.74) is 31.1. The Balaban J connectivity index is 0.00000931. The first-order chi connectivity index (χ1) is 47.3. The van der Waals surface area contributed by atoms with Crippen LogP contribution in [0.15, 0.2) is 243 Å². The van der Waals surface area contributed by atoms with Gasteiger partial charge in [-0.3, -0.25) is 0 Å². The van der Waals surface area contributed by atoms with E-state index in [1.54, 1.807) is 0 Å². The molecule has 3 heterocycles. The monoisotopic (exact) mass is 1470 g/mol. The topological polar surface area (TPSA) is 38.7 Å². The van der Waals surface area contributed by atoms with Crippen LogP contribution in [0.2, 0.25) is 0 Å². The maximum Gasteiger partial charge on any atom is 3.00 e. The van der Waals surface area contributed by atoms with E-state index in [9.17, 15) is 0 Å². The smallest absolute Gasteiger partial charge is 0.304 e. The van der Waals surface area contributed by atoms with Crippen molar-refractivity contribution in [1.29, 1.82) is 0 Å². The third-order valence-corrected chi connectivity index (χ3v) is 20.1. The zero-order valence-electron chi connectivity index (χ0n) is 60.0. The van der Waals surface area contributed by atoms with E-state index in [0.29, 0.717) is 17.8 Å². The summed E-state index contributed by atoms with van der Waals surface area (Å²) in [6, 6.07) is 94.8. The van der Waals surface area contributed by atoms with Crippen molar-refractivity contribution in [3.63, 3.8) is 0 Å². The summed E-state index contributed by atoms with van der Waals surface area (Å²) in [5.74, 6) is 2.15. The van der Waals surface area contributed by atoms with E-state index < -0.39 is 0 Å². The molecular formula is C95H94IrN3. The van der Waals surface area contributed by atoms with Crippen molar-refractivity contribution in [3.8, 4) is 101 Å². The van der Waals surface area contributed by atoms with Crippen LogP contribution >= 0.6 is 0 Å². The van der Waals surface area contributed by atoms with Crippen LogP contribution in [0, 0.1) is 36.0 Å². The van der Waals surface area contributed by atoms with Crippen molar-refractivity contribution in [1.82, 2.24) is 15.0 Å². The van der Waals surface area contributed by atoms with Crippen LogP contribution in [0.25, 0.3) is 101 Å². The molecule has 498 valence electrons. The number of pyridine rings is 3.